The van der Waals surface area contributed by atoms with E-state index in [-0.39, 0.29) is 17.9 Å². The average molecular weight is 299 g/mol. The molecule has 1 rings (SSSR count). The molecule has 4 N–H and O–H groups in total. The van der Waals surface area contributed by atoms with Gasteiger partial charge in [-0.05, 0) is 19.1 Å². The quantitative estimate of drug-likeness (QED) is 0.614. The first-order valence-electron chi connectivity index (χ1n) is 5.92. The number of primary amides is 1. The van der Waals surface area contributed by atoms with Gasteiger partial charge in [0, 0.05) is 13.0 Å². The highest BCUT2D eigenvalue weighted by molar-refractivity contribution is 7.89. The Morgan fingerprint density at radius 1 is 1.20 bits per heavy atom. The van der Waals surface area contributed by atoms with E-state index in [9.17, 15) is 18.0 Å². The van der Waals surface area contributed by atoms with Crippen molar-refractivity contribution < 1.29 is 18.0 Å². The Morgan fingerprint density at radius 2 is 1.80 bits per heavy atom. The van der Waals surface area contributed by atoms with E-state index in [2.05, 4.69) is 10.0 Å². The van der Waals surface area contributed by atoms with Crippen molar-refractivity contribution in [3.8, 4) is 0 Å². The zero-order valence-corrected chi connectivity index (χ0v) is 11.9. The maximum absolute atomic E-state index is 11.9. The lowest BCUT2D eigenvalue weighted by Gasteiger charge is -2.07. The second-order valence-electron chi connectivity index (χ2n) is 4.20. The third-order valence-corrected chi connectivity index (χ3v) is 3.86. The predicted molar refractivity (Wildman–Crippen MR) is 73.2 cm³/mol. The Morgan fingerprint density at radius 3 is 2.35 bits per heavy atom. The largest absolute Gasteiger partial charge is 0.370 e. The van der Waals surface area contributed by atoms with Crippen LogP contribution in [0.25, 0.3) is 0 Å². The summed E-state index contributed by atoms with van der Waals surface area (Å²) < 4.78 is 25.9. The third-order valence-electron chi connectivity index (χ3n) is 2.45. The number of hydrogen-bond acceptors (Lipinski definition) is 4. The number of amides is 2. The number of benzene rings is 1. The van der Waals surface area contributed by atoms with Gasteiger partial charge < -0.3 is 11.1 Å². The number of carbonyl (C=O) groups is 2. The molecular formula is C12H17N3O4S. The normalized spacial score (nSPS) is 11.1. The first-order chi connectivity index (χ1) is 9.31. The molecule has 8 heteroatoms. The van der Waals surface area contributed by atoms with Crippen molar-refractivity contribution in [1.29, 1.82) is 0 Å². The lowest BCUT2D eigenvalue weighted by Crippen LogP contribution is -2.38. The van der Waals surface area contributed by atoms with Crippen LogP contribution in [0.15, 0.2) is 29.2 Å². The van der Waals surface area contributed by atoms with Crippen LogP contribution >= 0.6 is 0 Å². The first-order valence-corrected chi connectivity index (χ1v) is 7.41. The minimum absolute atomic E-state index is 0.0104. The predicted octanol–water partition coefficient (Wildman–Crippen LogP) is -0.735. The fourth-order valence-electron chi connectivity index (χ4n) is 1.35. The molecule has 7 nitrogen and oxygen atoms in total. The van der Waals surface area contributed by atoms with Crippen molar-refractivity contribution in [3.05, 3.63) is 29.8 Å². The van der Waals surface area contributed by atoms with Gasteiger partial charge in [-0.25, -0.2) is 13.1 Å². The lowest BCUT2D eigenvalue weighted by atomic mass is 10.2. The minimum atomic E-state index is -3.72. The van der Waals surface area contributed by atoms with E-state index in [1.165, 1.54) is 12.1 Å². The van der Waals surface area contributed by atoms with Crippen LogP contribution < -0.4 is 15.8 Å². The summed E-state index contributed by atoms with van der Waals surface area (Å²) in [6.45, 7) is 1.53. The average Bonchev–Trinajstić information content (AvgIpc) is 2.36. The van der Waals surface area contributed by atoms with Crippen molar-refractivity contribution in [2.45, 2.75) is 18.2 Å². The lowest BCUT2D eigenvalue weighted by molar-refractivity contribution is -0.120. The van der Waals surface area contributed by atoms with E-state index in [0.29, 0.717) is 0 Å². The smallest absolute Gasteiger partial charge is 0.241 e. The van der Waals surface area contributed by atoms with Crippen LogP contribution in [0.1, 0.15) is 12.0 Å². The summed E-state index contributed by atoms with van der Waals surface area (Å²) in [7, 11) is -3.72. The highest BCUT2D eigenvalue weighted by Gasteiger charge is 2.14. The van der Waals surface area contributed by atoms with Crippen LogP contribution in [0.2, 0.25) is 0 Å². The molecule has 0 heterocycles. The molecule has 0 saturated heterocycles. The van der Waals surface area contributed by atoms with Gasteiger partial charge in [-0.15, -0.1) is 0 Å². The van der Waals surface area contributed by atoms with Gasteiger partial charge >= 0.3 is 0 Å². The number of carbonyl (C=O) groups excluding carboxylic acids is 2. The summed E-state index contributed by atoms with van der Waals surface area (Å²) >= 11 is 0. The molecule has 0 aliphatic carbocycles. The standard InChI is InChI=1S/C12H17N3O4S/c1-9-2-4-10(5-3-9)20(18,19)15-8-12(17)14-7-6-11(13)16/h2-5,15H,6-8H2,1H3,(H2,13,16)(H,14,17). The van der Waals surface area contributed by atoms with Crippen molar-refractivity contribution in [3.63, 3.8) is 0 Å². The fourth-order valence-corrected chi connectivity index (χ4v) is 2.33. The number of nitrogens with two attached hydrogens (primary N) is 1. The molecule has 20 heavy (non-hydrogen) atoms. The zero-order chi connectivity index (χ0) is 15.2. The van der Waals surface area contributed by atoms with Crippen molar-refractivity contribution >= 4 is 21.8 Å². The Kier molecular flexibility index (Phi) is 5.66. The van der Waals surface area contributed by atoms with Crippen LogP contribution in [0.4, 0.5) is 0 Å². The van der Waals surface area contributed by atoms with Crippen molar-refractivity contribution in [2.75, 3.05) is 13.1 Å². The van der Waals surface area contributed by atoms with Gasteiger partial charge in [0.25, 0.3) is 0 Å². The number of hydrogen-bond donors (Lipinski definition) is 3. The zero-order valence-electron chi connectivity index (χ0n) is 11.0. The van der Waals surface area contributed by atoms with Crippen molar-refractivity contribution in [1.82, 2.24) is 10.0 Å². The molecule has 0 aliphatic rings. The summed E-state index contributed by atoms with van der Waals surface area (Å²) in [6, 6.07) is 6.26. The topological polar surface area (TPSA) is 118 Å². The summed E-state index contributed by atoms with van der Waals surface area (Å²) in [6.07, 6.45) is 0.0104. The Balaban J connectivity index is 2.49. The summed E-state index contributed by atoms with van der Waals surface area (Å²) in [5, 5.41) is 2.38. The second-order valence-corrected chi connectivity index (χ2v) is 5.97. The molecule has 0 spiro atoms. The molecule has 110 valence electrons. The third kappa shape index (κ3) is 5.37. The molecule has 0 unspecified atom stereocenters. The van der Waals surface area contributed by atoms with Gasteiger partial charge in [0.05, 0.1) is 11.4 Å². The molecule has 1 aromatic carbocycles. The summed E-state index contributed by atoms with van der Waals surface area (Å²) in [5.74, 6) is -1.06. The van der Waals surface area contributed by atoms with E-state index in [1.54, 1.807) is 12.1 Å². The second kappa shape index (κ2) is 7.01. The van der Waals surface area contributed by atoms with Gasteiger partial charge in [0.1, 0.15) is 0 Å². The molecular weight excluding hydrogens is 282 g/mol. The van der Waals surface area contributed by atoms with Gasteiger partial charge in [-0.1, -0.05) is 17.7 Å². The van der Waals surface area contributed by atoms with Gasteiger partial charge in [0.2, 0.25) is 21.8 Å². The molecule has 0 bridgehead atoms. The molecule has 0 fully saturated rings. The number of rotatable bonds is 7. The van der Waals surface area contributed by atoms with E-state index < -0.39 is 28.4 Å². The Hall–Kier alpha value is -1.93. The molecule has 0 aliphatic heterocycles. The van der Waals surface area contributed by atoms with Gasteiger partial charge in [-0.3, -0.25) is 9.59 Å². The van der Waals surface area contributed by atoms with Crippen LogP contribution in [-0.2, 0) is 19.6 Å². The maximum atomic E-state index is 11.9. The number of aryl methyl sites for hydroxylation is 1. The van der Waals surface area contributed by atoms with E-state index in [4.69, 9.17) is 5.73 Å². The van der Waals surface area contributed by atoms with Gasteiger partial charge in [0.15, 0.2) is 0 Å². The molecule has 0 radical (unpaired) electrons. The van der Waals surface area contributed by atoms with Crippen LogP contribution in [0.5, 0.6) is 0 Å². The number of nitrogens with one attached hydrogen (secondary N) is 2. The van der Waals surface area contributed by atoms with E-state index >= 15 is 0 Å². The SMILES string of the molecule is Cc1ccc(S(=O)(=O)NCC(=O)NCCC(N)=O)cc1. The molecule has 2 amide bonds. The number of sulfonamides is 1. The van der Waals surface area contributed by atoms with E-state index in [1.807, 2.05) is 6.92 Å². The Labute approximate surface area is 117 Å². The van der Waals surface area contributed by atoms with Crippen LogP contribution in [0, 0.1) is 6.92 Å². The molecule has 1 aromatic rings. The monoisotopic (exact) mass is 299 g/mol. The van der Waals surface area contributed by atoms with E-state index in [0.717, 1.165) is 5.56 Å². The van der Waals surface area contributed by atoms with Crippen LogP contribution in [0.3, 0.4) is 0 Å². The molecule has 0 atom stereocenters. The summed E-state index contributed by atoms with van der Waals surface area (Å²) in [5.41, 5.74) is 5.85. The highest BCUT2D eigenvalue weighted by Crippen LogP contribution is 2.09. The first kappa shape index (κ1) is 16.1. The highest BCUT2D eigenvalue weighted by atomic mass is 32.2. The Bertz CT molecular complexity index is 581. The van der Waals surface area contributed by atoms with Crippen molar-refractivity contribution in [2.24, 2.45) is 5.73 Å². The van der Waals surface area contributed by atoms with Gasteiger partial charge in [-0.2, -0.15) is 0 Å². The van der Waals surface area contributed by atoms with Crippen LogP contribution in [-0.4, -0.2) is 33.3 Å². The molecule has 0 aromatic heterocycles. The summed E-state index contributed by atoms with van der Waals surface area (Å²) in [4.78, 5) is 21.9. The fraction of sp³-hybridized carbons (Fsp3) is 0.333. The molecule has 0 saturated carbocycles. The minimum Gasteiger partial charge on any atom is -0.370 e. The maximum Gasteiger partial charge on any atom is 0.241 e.